The van der Waals surface area contributed by atoms with E-state index in [1.165, 1.54) is 0 Å². The van der Waals surface area contributed by atoms with Crippen molar-refractivity contribution in [2.75, 3.05) is 6.54 Å². The van der Waals surface area contributed by atoms with Gasteiger partial charge in [-0.25, -0.2) is 5.84 Å². The number of carbonyl (C=O) groups is 1. The molecule has 0 saturated carbocycles. The number of nitrogens with one attached hydrogen (secondary N) is 1. The molecule has 0 aliphatic carbocycles. The van der Waals surface area contributed by atoms with E-state index < -0.39 is 0 Å². The molecule has 4 nitrogen and oxygen atoms in total. The molecule has 1 amide bonds. The first kappa shape index (κ1) is 14.4. The van der Waals surface area contributed by atoms with Gasteiger partial charge in [0.1, 0.15) is 0 Å². The SMILES string of the molecule is CCC(C)N(CC)C(C)C(C)C(=O)NN. The highest BCUT2D eigenvalue weighted by atomic mass is 16.2. The van der Waals surface area contributed by atoms with Crippen LogP contribution in [0.15, 0.2) is 0 Å². The zero-order valence-electron chi connectivity index (χ0n) is 10.6. The van der Waals surface area contributed by atoms with E-state index in [-0.39, 0.29) is 17.9 Å². The quantitative estimate of drug-likeness (QED) is 0.396. The lowest BCUT2D eigenvalue weighted by Gasteiger charge is -2.35. The highest BCUT2D eigenvalue weighted by molar-refractivity contribution is 5.78. The van der Waals surface area contributed by atoms with Gasteiger partial charge >= 0.3 is 0 Å². The lowest BCUT2D eigenvalue weighted by molar-refractivity contribution is -0.126. The molecule has 3 N–H and O–H groups in total. The van der Waals surface area contributed by atoms with Gasteiger partial charge in [-0.1, -0.05) is 20.8 Å². The van der Waals surface area contributed by atoms with Gasteiger partial charge in [-0.2, -0.15) is 0 Å². The lowest BCUT2D eigenvalue weighted by atomic mass is 9.99. The van der Waals surface area contributed by atoms with Crippen LogP contribution in [0.3, 0.4) is 0 Å². The Hall–Kier alpha value is -0.610. The Morgan fingerprint density at radius 2 is 1.87 bits per heavy atom. The summed E-state index contributed by atoms with van der Waals surface area (Å²) in [7, 11) is 0. The minimum Gasteiger partial charge on any atom is -0.297 e. The molecular weight excluding hydrogens is 190 g/mol. The zero-order valence-corrected chi connectivity index (χ0v) is 10.6. The predicted octanol–water partition coefficient (Wildman–Crippen LogP) is 1.12. The Bertz CT molecular complexity index is 196. The Labute approximate surface area is 93.2 Å². The number of carbonyl (C=O) groups excluding carboxylic acids is 1. The summed E-state index contributed by atoms with van der Waals surface area (Å²) < 4.78 is 0. The van der Waals surface area contributed by atoms with Crippen molar-refractivity contribution in [3.63, 3.8) is 0 Å². The van der Waals surface area contributed by atoms with Gasteiger partial charge in [0.15, 0.2) is 0 Å². The number of nitrogens with two attached hydrogens (primary N) is 1. The minimum absolute atomic E-state index is 0.0797. The summed E-state index contributed by atoms with van der Waals surface area (Å²) in [5.74, 6) is 4.97. The fraction of sp³-hybridized carbons (Fsp3) is 0.909. The second kappa shape index (κ2) is 6.80. The molecule has 0 heterocycles. The van der Waals surface area contributed by atoms with Crippen LogP contribution in [0.25, 0.3) is 0 Å². The average molecular weight is 215 g/mol. The molecule has 0 aliphatic rings. The second-order valence-electron chi connectivity index (χ2n) is 4.13. The first-order valence-electron chi connectivity index (χ1n) is 5.75. The third-order valence-electron chi connectivity index (χ3n) is 3.32. The van der Waals surface area contributed by atoms with E-state index in [0.29, 0.717) is 6.04 Å². The molecular formula is C11H25N3O. The van der Waals surface area contributed by atoms with E-state index in [1.807, 2.05) is 6.92 Å². The van der Waals surface area contributed by atoms with E-state index in [4.69, 9.17) is 5.84 Å². The summed E-state index contributed by atoms with van der Waals surface area (Å²) in [5.41, 5.74) is 2.22. The molecule has 0 aromatic carbocycles. The largest absolute Gasteiger partial charge is 0.297 e. The molecule has 0 saturated heterocycles. The molecule has 0 rings (SSSR count). The third-order valence-corrected chi connectivity index (χ3v) is 3.32. The average Bonchev–Trinajstić information content (AvgIpc) is 2.27. The summed E-state index contributed by atoms with van der Waals surface area (Å²) in [6, 6.07) is 0.714. The van der Waals surface area contributed by atoms with Crippen LogP contribution < -0.4 is 11.3 Å². The van der Waals surface area contributed by atoms with Gasteiger partial charge in [-0.15, -0.1) is 0 Å². The van der Waals surface area contributed by atoms with Crippen molar-refractivity contribution in [1.29, 1.82) is 0 Å². The second-order valence-corrected chi connectivity index (χ2v) is 4.13. The van der Waals surface area contributed by atoms with E-state index in [1.54, 1.807) is 0 Å². The van der Waals surface area contributed by atoms with Crippen LogP contribution in [0.1, 0.15) is 41.0 Å². The molecule has 0 aliphatic heterocycles. The van der Waals surface area contributed by atoms with E-state index >= 15 is 0 Å². The molecule has 0 radical (unpaired) electrons. The van der Waals surface area contributed by atoms with Crippen LogP contribution in [0, 0.1) is 5.92 Å². The van der Waals surface area contributed by atoms with Gasteiger partial charge in [0.25, 0.3) is 0 Å². The summed E-state index contributed by atoms with van der Waals surface area (Å²) in [6.45, 7) is 11.4. The monoisotopic (exact) mass is 215 g/mol. The highest BCUT2D eigenvalue weighted by Crippen LogP contribution is 2.15. The number of rotatable bonds is 6. The van der Waals surface area contributed by atoms with Crippen LogP contribution in [0.2, 0.25) is 0 Å². The number of hydrogen-bond donors (Lipinski definition) is 2. The Balaban J connectivity index is 4.49. The molecule has 0 aromatic heterocycles. The molecule has 3 atom stereocenters. The van der Waals surface area contributed by atoms with Crippen molar-refractivity contribution in [1.82, 2.24) is 10.3 Å². The van der Waals surface area contributed by atoms with Crippen LogP contribution >= 0.6 is 0 Å². The van der Waals surface area contributed by atoms with Crippen LogP contribution in [-0.2, 0) is 4.79 Å². The molecule has 90 valence electrons. The van der Waals surface area contributed by atoms with Crippen molar-refractivity contribution in [3.8, 4) is 0 Å². The van der Waals surface area contributed by atoms with Gasteiger partial charge in [-0.05, 0) is 26.8 Å². The Morgan fingerprint density at radius 1 is 1.33 bits per heavy atom. The molecule has 4 heteroatoms. The van der Waals surface area contributed by atoms with Gasteiger partial charge in [-0.3, -0.25) is 15.1 Å². The third kappa shape index (κ3) is 3.80. The first-order valence-corrected chi connectivity index (χ1v) is 5.75. The molecule has 0 spiro atoms. The maximum atomic E-state index is 11.4. The van der Waals surface area contributed by atoms with Crippen LogP contribution in [-0.4, -0.2) is 29.4 Å². The molecule has 3 unspecified atom stereocenters. The van der Waals surface area contributed by atoms with Crippen molar-refractivity contribution >= 4 is 5.91 Å². The first-order chi connectivity index (χ1) is 6.99. The maximum Gasteiger partial charge on any atom is 0.238 e. The van der Waals surface area contributed by atoms with Crippen molar-refractivity contribution in [3.05, 3.63) is 0 Å². The van der Waals surface area contributed by atoms with Crippen molar-refractivity contribution in [2.45, 2.75) is 53.1 Å². The molecule has 15 heavy (non-hydrogen) atoms. The maximum absolute atomic E-state index is 11.4. The van der Waals surface area contributed by atoms with Crippen molar-refractivity contribution in [2.24, 2.45) is 11.8 Å². The Morgan fingerprint density at radius 3 is 2.20 bits per heavy atom. The number of hydrazine groups is 1. The lowest BCUT2D eigenvalue weighted by Crippen LogP contribution is -2.48. The molecule has 0 fully saturated rings. The molecule has 0 aromatic rings. The summed E-state index contributed by atoms with van der Waals surface area (Å²) in [5, 5.41) is 0. The summed E-state index contributed by atoms with van der Waals surface area (Å²) in [4.78, 5) is 13.8. The number of nitrogens with zero attached hydrogens (tertiary/aromatic N) is 1. The van der Waals surface area contributed by atoms with Crippen molar-refractivity contribution < 1.29 is 4.79 Å². The Kier molecular flexibility index (Phi) is 6.52. The molecule has 0 bridgehead atoms. The van der Waals surface area contributed by atoms with Gasteiger partial charge in [0.05, 0.1) is 5.92 Å². The summed E-state index contributed by atoms with van der Waals surface area (Å²) >= 11 is 0. The zero-order chi connectivity index (χ0) is 12.0. The fourth-order valence-corrected chi connectivity index (χ4v) is 1.87. The van der Waals surface area contributed by atoms with Crippen LogP contribution in [0.5, 0.6) is 0 Å². The standard InChI is InChI=1S/C11H25N3O/c1-6-8(3)14(7-2)10(5)9(4)11(15)13-12/h8-10H,6-7,12H2,1-5H3,(H,13,15). The predicted molar refractivity (Wildman–Crippen MR) is 63.1 cm³/mol. The topological polar surface area (TPSA) is 58.4 Å². The summed E-state index contributed by atoms with van der Waals surface area (Å²) in [6.07, 6.45) is 1.09. The van der Waals surface area contributed by atoms with E-state index in [2.05, 4.69) is 38.0 Å². The number of hydrogen-bond acceptors (Lipinski definition) is 3. The smallest absolute Gasteiger partial charge is 0.238 e. The van der Waals surface area contributed by atoms with E-state index in [9.17, 15) is 4.79 Å². The van der Waals surface area contributed by atoms with E-state index in [0.717, 1.165) is 13.0 Å². The van der Waals surface area contributed by atoms with Crippen LogP contribution in [0.4, 0.5) is 0 Å². The highest BCUT2D eigenvalue weighted by Gasteiger charge is 2.26. The normalized spacial score (nSPS) is 17.3. The van der Waals surface area contributed by atoms with Gasteiger partial charge in [0, 0.05) is 12.1 Å². The fourth-order valence-electron chi connectivity index (χ4n) is 1.87. The number of amides is 1. The minimum atomic E-state index is -0.0933. The van der Waals surface area contributed by atoms with Gasteiger partial charge in [0.2, 0.25) is 5.91 Å². The van der Waals surface area contributed by atoms with Gasteiger partial charge < -0.3 is 0 Å².